The summed E-state index contributed by atoms with van der Waals surface area (Å²) in [6, 6.07) is 8.11. The van der Waals surface area contributed by atoms with E-state index in [0.29, 0.717) is 12.5 Å². The van der Waals surface area contributed by atoms with Crippen molar-refractivity contribution >= 4 is 16.3 Å². The van der Waals surface area contributed by atoms with Crippen LogP contribution in [-0.2, 0) is 0 Å². The molecule has 0 aliphatic heterocycles. The molecule has 0 radical (unpaired) electrons. The van der Waals surface area contributed by atoms with Gasteiger partial charge >= 0.3 is 0 Å². The van der Waals surface area contributed by atoms with Crippen molar-refractivity contribution in [3.63, 3.8) is 0 Å². The highest BCUT2D eigenvalue weighted by Gasteiger charge is 2.28. The fourth-order valence-corrected chi connectivity index (χ4v) is 3.62. The molecule has 4 rings (SSSR count). The quantitative estimate of drug-likeness (QED) is 0.730. The second-order valence-corrected chi connectivity index (χ2v) is 6.40. The molecule has 2 heterocycles. The van der Waals surface area contributed by atoms with E-state index in [1.807, 2.05) is 23.6 Å². The van der Waals surface area contributed by atoms with Crippen LogP contribution in [0.15, 0.2) is 24.3 Å². The molecule has 0 bridgehead atoms. The van der Waals surface area contributed by atoms with E-state index in [4.69, 9.17) is 14.8 Å². The molecule has 1 aliphatic carbocycles. The van der Waals surface area contributed by atoms with E-state index in [-0.39, 0.29) is 0 Å². The summed E-state index contributed by atoms with van der Waals surface area (Å²) in [5.74, 6) is 1.58. The van der Waals surface area contributed by atoms with Gasteiger partial charge in [-0.3, -0.25) is 0 Å². The number of ether oxygens (including phenoxy) is 1. The van der Waals surface area contributed by atoms with Crippen molar-refractivity contribution in [2.24, 2.45) is 0 Å². The predicted molar refractivity (Wildman–Crippen MR) is 84.2 cm³/mol. The van der Waals surface area contributed by atoms with Gasteiger partial charge in [0.2, 0.25) is 4.96 Å². The first kappa shape index (κ1) is 12.8. The van der Waals surface area contributed by atoms with Crippen molar-refractivity contribution in [3.8, 4) is 17.0 Å². The monoisotopic (exact) mass is 299 g/mol. The zero-order valence-electron chi connectivity index (χ0n) is 12.2. The number of aromatic nitrogens is 3. The molecule has 0 spiro atoms. The highest BCUT2D eigenvalue weighted by atomic mass is 32.1. The Morgan fingerprint density at radius 2 is 2.05 bits per heavy atom. The zero-order chi connectivity index (χ0) is 14.4. The Morgan fingerprint density at radius 3 is 2.67 bits per heavy atom. The Morgan fingerprint density at radius 1 is 1.29 bits per heavy atom. The van der Waals surface area contributed by atoms with Crippen LogP contribution in [0, 0.1) is 6.92 Å². The average molecular weight is 299 g/mol. The van der Waals surface area contributed by atoms with Crippen LogP contribution >= 0.6 is 11.3 Å². The molecule has 0 atom stereocenters. The van der Waals surface area contributed by atoms with Gasteiger partial charge in [-0.2, -0.15) is 5.10 Å². The molecule has 0 amide bonds. The molecule has 1 aromatic carbocycles. The molecule has 1 saturated carbocycles. The lowest BCUT2D eigenvalue weighted by atomic mass is 10.1. The van der Waals surface area contributed by atoms with Gasteiger partial charge in [-0.1, -0.05) is 11.3 Å². The summed E-state index contributed by atoms with van der Waals surface area (Å²) >= 11 is 1.72. The fraction of sp³-hybridized carbons (Fsp3) is 0.375. The number of nitrogens with zero attached hydrogens (tertiary/aromatic N) is 3. The summed E-state index contributed by atoms with van der Waals surface area (Å²) in [5.41, 5.74) is 3.23. The molecule has 1 fully saturated rings. The Labute approximate surface area is 127 Å². The van der Waals surface area contributed by atoms with Gasteiger partial charge in [-0.15, -0.1) is 0 Å². The van der Waals surface area contributed by atoms with Crippen molar-refractivity contribution < 1.29 is 4.74 Å². The van der Waals surface area contributed by atoms with Gasteiger partial charge in [0.05, 0.1) is 18.0 Å². The molecule has 0 N–H and O–H groups in total. The van der Waals surface area contributed by atoms with Gasteiger partial charge in [-0.25, -0.2) is 9.50 Å². The Kier molecular flexibility index (Phi) is 2.96. The predicted octanol–water partition coefficient (Wildman–Crippen LogP) is 4.04. The third-order valence-corrected chi connectivity index (χ3v) is 4.88. The summed E-state index contributed by atoms with van der Waals surface area (Å²) in [4.78, 5) is 5.77. The van der Waals surface area contributed by atoms with Crippen LogP contribution in [0.4, 0.5) is 0 Å². The molecule has 4 nitrogen and oxygen atoms in total. The van der Waals surface area contributed by atoms with Crippen LogP contribution in [0.3, 0.4) is 0 Å². The fourth-order valence-electron chi connectivity index (χ4n) is 2.51. The molecule has 21 heavy (non-hydrogen) atoms. The van der Waals surface area contributed by atoms with Gasteiger partial charge in [0, 0.05) is 11.5 Å². The Balaban J connectivity index is 1.72. The van der Waals surface area contributed by atoms with Gasteiger partial charge in [-0.05, 0) is 51.0 Å². The Bertz CT molecular complexity index is 784. The van der Waals surface area contributed by atoms with E-state index in [0.717, 1.165) is 27.7 Å². The minimum Gasteiger partial charge on any atom is -0.494 e. The normalized spacial score (nSPS) is 14.8. The maximum absolute atomic E-state index is 5.48. The third kappa shape index (κ3) is 2.21. The molecule has 1 aliphatic rings. The molecule has 0 unspecified atom stereocenters. The molecule has 5 heteroatoms. The minimum atomic E-state index is 0.685. The van der Waals surface area contributed by atoms with E-state index >= 15 is 0 Å². The van der Waals surface area contributed by atoms with Crippen LogP contribution in [0.5, 0.6) is 5.75 Å². The molecular weight excluding hydrogens is 282 g/mol. The van der Waals surface area contributed by atoms with Crippen molar-refractivity contribution in [2.45, 2.75) is 32.6 Å². The van der Waals surface area contributed by atoms with Crippen molar-refractivity contribution in [3.05, 3.63) is 35.0 Å². The van der Waals surface area contributed by atoms with Gasteiger partial charge in [0.25, 0.3) is 0 Å². The van der Waals surface area contributed by atoms with Crippen LogP contribution < -0.4 is 4.74 Å². The molecule has 0 saturated heterocycles. The first-order valence-electron chi connectivity index (χ1n) is 7.35. The standard InChI is InChI=1S/C16H17N3OS/c1-3-20-13-8-6-11(7-9-13)14-10(2)19-16(17-14)21-15(18-19)12-4-5-12/h6-9,12H,3-5H2,1-2H3. The molecule has 108 valence electrons. The van der Waals surface area contributed by atoms with E-state index < -0.39 is 0 Å². The van der Waals surface area contributed by atoms with Gasteiger partial charge in [0.15, 0.2) is 0 Å². The van der Waals surface area contributed by atoms with Crippen LogP contribution in [0.2, 0.25) is 0 Å². The maximum atomic E-state index is 5.48. The van der Waals surface area contributed by atoms with Crippen LogP contribution in [-0.4, -0.2) is 21.2 Å². The summed E-state index contributed by atoms with van der Waals surface area (Å²) in [5, 5.41) is 5.95. The van der Waals surface area contributed by atoms with E-state index in [1.54, 1.807) is 11.3 Å². The number of aryl methyl sites for hydroxylation is 1. The molecule has 2 aromatic heterocycles. The lowest BCUT2D eigenvalue weighted by Crippen LogP contribution is -1.92. The van der Waals surface area contributed by atoms with Crippen molar-refractivity contribution in [2.75, 3.05) is 6.61 Å². The van der Waals surface area contributed by atoms with Gasteiger partial charge in [0.1, 0.15) is 10.8 Å². The van der Waals surface area contributed by atoms with Crippen LogP contribution in [0.25, 0.3) is 16.2 Å². The first-order chi connectivity index (χ1) is 10.3. The summed E-state index contributed by atoms with van der Waals surface area (Å²) in [6.45, 7) is 4.76. The minimum absolute atomic E-state index is 0.685. The largest absolute Gasteiger partial charge is 0.494 e. The molecule has 3 aromatic rings. The van der Waals surface area contributed by atoms with E-state index in [9.17, 15) is 0 Å². The first-order valence-corrected chi connectivity index (χ1v) is 8.17. The second-order valence-electron chi connectivity index (χ2n) is 5.41. The zero-order valence-corrected chi connectivity index (χ0v) is 13.0. The molecular formula is C16H17N3OS. The SMILES string of the molecule is CCOc1ccc(-c2nc3sc(C4CC4)nn3c2C)cc1. The van der Waals surface area contributed by atoms with Crippen LogP contribution in [0.1, 0.15) is 36.4 Å². The maximum Gasteiger partial charge on any atom is 0.212 e. The van der Waals surface area contributed by atoms with Crippen molar-refractivity contribution in [1.29, 1.82) is 0 Å². The summed E-state index contributed by atoms with van der Waals surface area (Å²) in [6.07, 6.45) is 2.56. The summed E-state index contributed by atoms with van der Waals surface area (Å²) in [7, 11) is 0. The topological polar surface area (TPSA) is 39.4 Å². The lowest BCUT2D eigenvalue weighted by molar-refractivity contribution is 0.340. The smallest absolute Gasteiger partial charge is 0.212 e. The third-order valence-electron chi connectivity index (χ3n) is 3.81. The van der Waals surface area contributed by atoms with E-state index in [1.165, 1.54) is 17.8 Å². The highest BCUT2D eigenvalue weighted by molar-refractivity contribution is 7.16. The van der Waals surface area contributed by atoms with Crippen molar-refractivity contribution in [1.82, 2.24) is 14.6 Å². The Hall–Kier alpha value is -1.88. The van der Waals surface area contributed by atoms with E-state index in [2.05, 4.69) is 19.1 Å². The lowest BCUT2D eigenvalue weighted by Gasteiger charge is -2.04. The van der Waals surface area contributed by atoms with Gasteiger partial charge < -0.3 is 4.74 Å². The highest BCUT2D eigenvalue weighted by Crippen LogP contribution is 2.42. The number of hydrogen-bond donors (Lipinski definition) is 0. The second kappa shape index (κ2) is 4.84. The average Bonchev–Trinajstić information content (AvgIpc) is 3.19. The number of fused-ring (bicyclic) bond motifs is 1. The number of hydrogen-bond acceptors (Lipinski definition) is 4. The number of imidazole rings is 1. The number of rotatable bonds is 4. The number of benzene rings is 1. The summed E-state index contributed by atoms with van der Waals surface area (Å²) < 4.78 is 7.47.